The third-order valence-corrected chi connectivity index (χ3v) is 2.80. The average molecular weight is 240 g/mol. The Morgan fingerprint density at radius 1 is 1.22 bits per heavy atom. The number of rotatable bonds is 2. The molecule has 1 aromatic carbocycles. The van der Waals surface area contributed by atoms with Crippen LogP contribution in [0.15, 0.2) is 30.6 Å². The molecule has 0 N–H and O–H groups in total. The molecule has 0 radical (unpaired) electrons. The SMILES string of the molecule is CC(C)(C)c1ccc(Cn2cnc(C#N)n2)cc1. The molecular formula is C14H16N4. The van der Waals surface area contributed by atoms with Gasteiger partial charge in [-0.05, 0) is 16.5 Å². The summed E-state index contributed by atoms with van der Waals surface area (Å²) in [5.74, 6) is 0.210. The molecule has 0 spiro atoms. The fraction of sp³-hybridized carbons (Fsp3) is 0.357. The minimum atomic E-state index is 0.166. The summed E-state index contributed by atoms with van der Waals surface area (Å²) in [6.45, 7) is 7.22. The van der Waals surface area contributed by atoms with E-state index in [1.54, 1.807) is 11.0 Å². The van der Waals surface area contributed by atoms with Gasteiger partial charge in [0.15, 0.2) is 0 Å². The highest BCUT2D eigenvalue weighted by Gasteiger charge is 2.12. The minimum absolute atomic E-state index is 0.166. The Kier molecular flexibility index (Phi) is 3.15. The van der Waals surface area contributed by atoms with Gasteiger partial charge >= 0.3 is 0 Å². The standard InChI is InChI=1S/C14H16N4/c1-14(2,3)12-6-4-11(5-7-12)9-18-10-16-13(8-15)17-18/h4-7,10H,9H2,1-3H3. The smallest absolute Gasteiger partial charge is 0.247 e. The molecule has 4 nitrogen and oxygen atoms in total. The predicted molar refractivity (Wildman–Crippen MR) is 69.0 cm³/mol. The van der Waals surface area contributed by atoms with Gasteiger partial charge in [-0.3, -0.25) is 0 Å². The van der Waals surface area contributed by atoms with E-state index in [1.807, 2.05) is 6.07 Å². The van der Waals surface area contributed by atoms with Crippen LogP contribution in [-0.2, 0) is 12.0 Å². The molecule has 0 atom stereocenters. The zero-order valence-corrected chi connectivity index (χ0v) is 10.9. The Balaban J connectivity index is 2.14. The third-order valence-electron chi connectivity index (χ3n) is 2.80. The lowest BCUT2D eigenvalue weighted by molar-refractivity contribution is 0.589. The molecule has 0 amide bonds. The van der Waals surface area contributed by atoms with Crippen molar-refractivity contribution in [2.75, 3.05) is 0 Å². The quantitative estimate of drug-likeness (QED) is 0.810. The van der Waals surface area contributed by atoms with Crippen LogP contribution in [0.25, 0.3) is 0 Å². The van der Waals surface area contributed by atoms with E-state index in [0.717, 1.165) is 5.56 Å². The van der Waals surface area contributed by atoms with E-state index in [4.69, 9.17) is 5.26 Å². The maximum absolute atomic E-state index is 8.65. The number of nitriles is 1. The third kappa shape index (κ3) is 2.75. The van der Waals surface area contributed by atoms with E-state index < -0.39 is 0 Å². The summed E-state index contributed by atoms with van der Waals surface area (Å²) in [5, 5.41) is 12.7. The summed E-state index contributed by atoms with van der Waals surface area (Å²) in [4.78, 5) is 3.88. The highest BCUT2D eigenvalue weighted by Crippen LogP contribution is 2.22. The summed E-state index contributed by atoms with van der Waals surface area (Å²) < 4.78 is 1.67. The fourth-order valence-electron chi connectivity index (χ4n) is 1.72. The molecule has 2 aromatic rings. The summed E-state index contributed by atoms with van der Waals surface area (Å²) >= 11 is 0. The van der Waals surface area contributed by atoms with Crippen LogP contribution in [0.2, 0.25) is 0 Å². The van der Waals surface area contributed by atoms with Gasteiger partial charge in [0.25, 0.3) is 5.82 Å². The van der Waals surface area contributed by atoms with Gasteiger partial charge in [-0.1, -0.05) is 45.0 Å². The molecule has 0 aliphatic heterocycles. The summed E-state index contributed by atoms with van der Waals surface area (Å²) in [6.07, 6.45) is 1.58. The molecule has 0 fully saturated rings. The van der Waals surface area contributed by atoms with E-state index in [-0.39, 0.29) is 11.2 Å². The maximum atomic E-state index is 8.65. The second kappa shape index (κ2) is 4.61. The Labute approximate surface area is 107 Å². The molecule has 1 aromatic heterocycles. The van der Waals surface area contributed by atoms with Gasteiger partial charge in [0, 0.05) is 0 Å². The number of aromatic nitrogens is 3. The molecule has 1 heterocycles. The van der Waals surface area contributed by atoms with Crippen LogP contribution in [0.5, 0.6) is 0 Å². The van der Waals surface area contributed by atoms with Crippen molar-refractivity contribution in [1.29, 1.82) is 5.26 Å². The highest BCUT2D eigenvalue weighted by atomic mass is 15.3. The van der Waals surface area contributed by atoms with Crippen LogP contribution >= 0.6 is 0 Å². The molecule has 18 heavy (non-hydrogen) atoms. The molecule has 4 heteroatoms. The zero-order chi connectivity index (χ0) is 13.2. The first kappa shape index (κ1) is 12.3. The fourth-order valence-corrected chi connectivity index (χ4v) is 1.72. The normalized spacial score (nSPS) is 11.2. The van der Waals surface area contributed by atoms with Crippen LogP contribution in [0.4, 0.5) is 0 Å². The largest absolute Gasteiger partial charge is 0.252 e. The average Bonchev–Trinajstić information content (AvgIpc) is 2.76. The van der Waals surface area contributed by atoms with Crippen molar-refractivity contribution in [2.24, 2.45) is 0 Å². The number of hydrogen-bond acceptors (Lipinski definition) is 3. The van der Waals surface area contributed by atoms with Crippen molar-refractivity contribution in [3.63, 3.8) is 0 Å². The van der Waals surface area contributed by atoms with Gasteiger partial charge in [-0.25, -0.2) is 9.67 Å². The molecule has 0 saturated carbocycles. The summed E-state index contributed by atoms with van der Waals surface area (Å²) in [5.41, 5.74) is 2.62. The highest BCUT2D eigenvalue weighted by molar-refractivity contribution is 5.27. The number of hydrogen-bond donors (Lipinski definition) is 0. The lowest BCUT2D eigenvalue weighted by Crippen LogP contribution is -2.11. The van der Waals surface area contributed by atoms with Crippen molar-refractivity contribution in [2.45, 2.75) is 32.7 Å². The van der Waals surface area contributed by atoms with Crippen LogP contribution in [0.3, 0.4) is 0 Å². The molecule has 0 aliphatic rings. The van der Waals surface area contributed by atoms with Gasteiger partial charge in [-0.15, -0.1) is 5.10 Å². The van der Waals surface area contributed by atoms with E-state index in [0.29, 0.717) is 6.54 Å². The van der Waals surface area contributed by atoms with Gasteiger partial charge < -0.3 is 0 Å². The van der Waals surface area contributed by atoms with Crippen LogP contribution in [-0.4, -0.2) is 14.8 Å². The first-order valence-corrected chi connectivity index (χ1v) is 5.88. The molecule has 0 unspecified atom stereocenters. The number of benzene rings is 1. The Hall–Kier alpha value is -2.15. The lowest BCUT2D eigenvalue weighted by atomic mass is 9.87. The van der Waals surface area contributed by atoms with E-state index >= 15 is 0 Å². The second-order valence-corrected chi connectivity index (χ2v) is 5.32. The summed E-state index contributed by atoms with van der Waals surface area (Å²) in [7, 11) is 0. The predicted octanol–water partition coefficient (Wildman–Crippen LogP) is 2.50. The Bertz CT molecular complexity index is 567. The van der Waals surface area contributed by atoms with Crippen LogP contribution in [0, 0.1) is 11.3 Å². The Morgan fingerprint density at radius 2 is 1.89 bits per heavy atom. The maximum Gasteiger partial charge on any atom is 0.252 e. The van der Waals surface area contributed by atoms with Crippen molar-refractivity contribution in [3.05, 3.63) is 47.5 Å². The van der Waals surface area contributed by atoms with E-state index in [2.05, 4.69) is 55.1 Å². The molecular weight excluding hydrogens is 224 g/mol. The van der Waals surface area contributed by atoms with E-state index in [1.165, 1.54) is 5.56 Å². The van der Waals surface area contributed by atoms with Crippen molar-refractivity contribution < 1.29 is 0 Å². The first-order chi connectivity index (χ1) is 8.49. The monoisotopic (exact) mass is 240 g/mol. The second-order valence-electron chi connectivity index (χ2n) is 5.32. The molecule has 0 bridgehead atoms. The van der Waals surface area contributed by atoms with Crippen molar-refractivity contribution in [1.82, 2.24) is 14.8 Å². The van der Waals surface area contributed by atoms with Gasteiger partial charge in [0.1, 0.15) is 12.4 Å². The first-order valence-electron chi connectivity index (χ1n) is 5.88. The molecule has 0 aliphatic carbocycles. The Morgan fingerprint density at radius 3 is 2.39 bits per heavy atom. The van der Waals surface area contributed by atoms with Gasteiger partial charge in [0.2, 0.25) is 0 Å². The van der Waals surface area contributed by atoms with Crippen molar-refractivity contribution >= 4 is 0 Å². The van der Waals surface area contributed by atoms with Crippen LogP contribution in [0.1, 0.15) is 37.7 Å². The number of nitrogens with zero attached hydrogens (tertiary/aromatic N) is 4. The van der Waals surface area contributed by atoms with Crippen molar-refractivity contribution in [3.8, 4) is 6.07 Å². The zero-order valence-electron chi connectivity index (χ0n) is 10.9. The van der Waals surface area contributed by atoms with Gasteiger partial charge in [-0.2, -0.15) is 5.26 Å². The molecule has 0 saturated heterocycles. The minimum Gasteiger partial charge on any atom is -0.247 e. The topological polar surface area (TPSA) is 54.5 Å². The lowest BCUT2D eigenvalue weighted by Gasteiger charge is -2.19. The molecule has 92 valence electrons. The molecule has 2 rings (SSSR count). The van der Waals surface area contributed by atoms with Crippen LogP contribution < -0.4 is 0 Å². The van der Waals surface area contributed by atoms with Gasteiger partial charge in [0.05, 0.1) is 6.54 Å². The summed E-state index contributed by atoms with van der Waals surface area (Å²) in [6, 6.07) is 10.4. The van der Waals surface area contributed by atoms with E-state index in [9.17, 15) is 0 Å².